The van der Waals surface area contributed by atoms with Crippen LogP contribution in [0.15, 0.2) is 36.7 Å². The van der Waals surface area contributed by atoms with Gasteiger partial charge in [-0.25, -0.2) is 0 Å². The van der Waals surface area contributed by atoms with Crippen LogP contribution < -0.4 is 9.47 Å². The summed E-state index contributed by atoms with van der Waals surface area (Å²) in [5.74, 6) is 1.68. The van der Waals surface area contributed by atoms with E-state index in [2.05, 4.69) is 23.8 Å². The predicted octanol–water partition coefficient (Wildman–Crippen LogP) is 5.70. The number of hydrogen-bond acceptors (Lipinski definition) is 4. The third-order valence-corrected chi connectivity index (χ3v) is 3.76. The van der Waals surface area contributed by atoms with Gasteiger partial charge in [-0.2, -0.15) is 0 Å². The maximum atomic E-state index is 5.79. The fourth-order valence-corrected chi connectivity index (χ4v) is 2.37. The molecule has 0 radical (unpaired) electrons. The molecule has 2 rings (SSSR count). The predicted molar refractivity (Wildman–Crippen MR) is 105 cm³/mol. The molecule has 0 aliphatic heterocycles. The molecule has 2 heterocycles. The normalized spacial score (nSPS) is 9.77. The van der Waals surface area contributed by atoms with E-state index in [1.54, 1.807) is 12.4 Å². The largest absolute Gasteiger partial charge is 4.00 e. The summed E-state index contributed by atoms with van der Waals surface area (Å²) in [6.07, 6.45) is 10.5. The molecule has 0 unspecified atom stereocenters. The molecule has 0 spiro atoms. The standard InChI is InChI=1S/C20H28N2O2.ClH.Pt/c1-3-5-7-13-23-17-9-11-21-19(15-17)20-16-18(10-12-22-20)24-14-8-6-4-2;;/h9-12,15-16H,3-8,13-14H2,1-2H3;1H;/q;;+4. The van der Waals surface area contributed by atoms with E-state index in [-0.39, 0.29) is 33.5 Å². The van der Waals surface area contributed by atoms with Crippen molar-refractivity contribution in [2.75, 3.05) is 13.2 Å². The number of ether oxygens (including phenoxy) is 2. The van der Waals surface area contributed by atoms with Gasteiger partial charge in [0.25, 0.3) is 0 Å². The van der Waals surface area contributed by atoms with E-state index in [1.807, 2.05) is 24.3 Å². The summed E-state index contributed by atoms with van der Waals surface area (Å²) < 4.78 is 11.6. The Hall–Kier alpha value is -1.12. The number of nitrogens with zero attached hydrogens (tertiary/aromatic N) is 2. The molecule has 144 valence electrons. The minimum absolute atomic E-state index is 0. The molecule has 0 aliphatic rings. The molecular formula is C20H29ClN2O2Pt+4. The molecule has 0 N–H and O–H groups in total. The molecule has 0 saturated carbocycles. The maximum Gasteiger partial charge on any atom is 4.00 e. The molecule has 0 saturated heterocycles. The molecule has 0 aromatic carbocycles. The molecule has 0 amide bonds. The van der Waals surface area contributed by atoms with Crippen molar-refractivity contribution in [2.24, 2.45) is 0 Å². The summed E-state index contributed by atoms with van der Waals surface area (Å²) in [6.45, 7) is 5.86. The zero-order chi connectivity index (χ0) is 17.0. The van der Waals surface area contributed by atoms with Gasteiger partial charge in [0.2, 0.25) is 0 Å². The van der Waals surface area contributed by atoms with Crippen LogP contribution in [-0.4, -0.2) is 23.2 Å². The summed E-state index contributed by atoms with van der Waals surface area (Å²) in [5, 5.41) is 0. The number of halogens is 1. The molecule has 6 heteroatoms. The smallest absolute Gasteiger partial charge is 0.493 e. The summed E-state index contributed by atoms with van der Waals surface area (Å²) in [7, 11) is 0. The van der Waals surface area contributed by atoms with E-state index in [9.17, 15) is 0 Å². The van der Waals surface area contributed by atoms with Gasteiger partial charge in [-0.05, 0) is 25.0 Å². The van der Waals surface area contributed by atoms with Crippen LogP contribution >= 0.6 is 12.4 Å². The first-order valence-corrected chi connectivity index (χ1v) is 9.01. The van der Waals surface area contributed by atoms with Crippen LogP contribution in [0.25, 0.3) is 11.4 Å². The first-order valence-electron chi connectivity index (χ1n) is 9.01. The fourth-order valence-electron chi connectivity index (χ4n) is 2.37. The van der Waals surface area contributed by atoms with Crippen LogP contribution in [-0.2, 0) is 21.1 Å². The molecular weight excluding hydrogens is 531 g/mol. The van der Waals surface area contributed by atoms with Gasteiger partial charge >= 0.3 is 21.1 Å². The Balaban J connectivity index is 0.00000312. The van der Waals surface area contributed by atoms with Gasteiger partial charge in [0.1, 0.15) is 11.5 Å². The molecule has 0 atom stereocenters. The van der Waals surface area contributed by atoms with Gasteiger partial charge in [-0.3, -0.25) is 9.97 Å². The molecule has 4 nitrogen and oxygen atoms in total. The summed E-state index contributed by atoms with van der Waals surface area (Å²) in [5.41, 5.74) is 1.61. The Labute approximate surface area is 177 Å². The molecule has 0 fully saturated rings. The number of aromatic nitrogens is 2. The van der Waals surface area contributed by atoms with E-state index < -0.39 is 0 Å². The minimum atomic E-state index is 0. The first kappa shape index (κ1) is 24.9. The maximum absolute atomic E-state index is 5.79. The average molecular weight is 560 g/mol. The Bertz CT molecular complexity index is 560. The van der Waals surface area contributed by atoms with Crippen molar-refractivity contribution in [1.29, 1.82) is 0 Å². The Kier molecular flexibility index (Phi) is 14.3. The third kappa shape index (κ3) is 9.00. The van der Waals surface area contributed by atoms with Crippen molar-refractivity contribution in [3.05, 3.63) is 36.7 Å². The van der Waals surface area contributed by atoms with Crippen molar-refractivity contribution in [3.8, 4) is 22.9 Å². The monoisotopic (exact) mass is 559 g/mol. The van der Waals surface area contributed by atoms with E-state index in [0.717, 1.165) is 48.9 Å². The molecule has 0 bridgehead atoms. The summed E-state index contributed by atoms with van der Waals surface area (Å²) in [4.78, 5) is 8.81. The first-order chi connectivity index (χ1) is 11.8. The van der Waals surface area contributed by atoms with Gasteiger partial charge in [0, 0.05) is 24.5 Å². The van der Waals surface area contributed by atoms with Gasteiger partial charge < -0.3 is 9.47 Å². The number of pyridine rings is 2. The SMILES string of the molecule is CCCCCOc1ccnc(-c2cc(OCCCCC)ccn2)c1.Cl.[Pt+4]. The van der Waals surface area contributed by atoms with Crippen LogP contribution in [0.4, 0.5) is 0 Å². The van der Waals surface area contributed by atoms with Crippen LogP contribution in [0.2, 0.25) is 0 Å². The average Bonchev–Trinajstić information content (AvgIpc) is 2.63. The zero-order valence-corrected chi connectivity index (χ0v) is 18.6. The molecule has 2 aromatic rings. The van der Waals surface area contributed by atoms with Crippen molar-refractivity contribution >= 4 is 12.4 Å². The van der Waals surface area contributed by atoms with Crippen LogP contribution in [0.5, 0.6) is 11.5 Å². The van der Waals surface area contributed by atoms with Gasteiger partial charge in [-0.15, -0.1) is 12.4 Å². The fraction of sp³-hybridized carbons (Fsp3) is 0.500. The van der Waals surface area contributed by atoms with Gasteiger partial charge in [0.15, 0.2) is 0 Å². The number of unbranched alkanes of at least 4 members (excludes halogenated alkanes) is 4. The Morgan fingerprint density at radius 1 is 0.731 bits per heavy atom. The van der Waals surface area contributed by atoms with Crippen LogP contribution in [0.3, 0.4) is 0 Å². The van der Waals surface area contributed by atoms with E-state index in [0.29, 0.717) is 0 Å². The zero-order valence-electron chi connectivity index (χ0n) is 15.6. The minimum Gasteiger partial charge on any atom is -0.493 e. The van der Waals surface area contributed by atoms with Gasteiger partial charge in [-0.1, -0.05) is 39.5 Å². The quantitative estimate of drug-likeness (QED) is 0.331. The Morgan fingerprint density at radius 3 is 1.54 bits per heavy atom. The van der Waals surface area contributed by atoms with Crippen LogP contribution in [0.1, 0.15) is 52.4 Å². The number of hydrogen-bond donors (Lipinski definition) is 0. The topological polar surface area (TPSA) is 44.2 Å². The van der Waals surface area contributed by atoms with Crippen LogP contribution in [0, 0.1) is 0 Å². The molecule has 2 aromatic heterocycles. The second-order valence-electron chi connectivity index (χ2n) is 5.86. The van der Waals surface area contributed by atoms with Crippen molar-refractivity contribution in [2.45, 2.75) is 52.4 Å². The Morgan fingerprint density at radius 2 is 1.15 bits per heavy atom. The third-order valence-electron chi connectivity index (χ3n) is 3.76. The molecule has 26 heavy (non-hydrogen) atoms. The second kappa shape index (κ2) is 15.0. The van der Waals surface area contributed by atoms with E-state index in [1.165, 1.54) is 25.7 Å². The van der Waals surface area contributed by atoms with Crippen molar-refractivity contribution in [3.63, 3.8) is 0 Å². The van der Waals surface area contributed by atoms with Crippen molar-refractivity contribution < 1.29 is 30.5 Å². The van der Waals surface area contributed by atoms with Crippen molar-refractivity contribution in [1.82, 2.24) is 9.97 Å². The van der Waals surface area contributed by atoms with E-state index >= 15 is 0 Å². The second-order valence-corrected chi connectivity index (χ2v) is 5.86. The van der Waals surface area contributed by atoms with E-state index in [4.69, 9.17) is 9.47 Å². The summed E-state index contributed by atoms with van der Waals surface area (Å²) in [6, 6.07) is 7.66. The number of rotatable bonds is 11. The summed E-state index contributed by atoms with van der Waals surface area (Å²) >= 11 is 0. The molecule has 0 aliphatic carbocycles. The van der Waals surface area contributed by atoms with Gasteiger partial charge in [0.05, 0.1) is 24.6 Å².